The minimum atomic E-state index is 0.0968. The van der Waals surface area contributed by atoms with Crippen LogP contribution in [0.15, 0.2) is 60.8 Å². The van der Waals surface area contributed by atoms with Gasteiger partial charge in [0.05, 0.1) is 22.8 Å². The highest BCUT2D eigenvalue weighted by Gasteiger charge is 2.26. The molecular formula is C24H25N5O. The highest BCUT2D eigenvalue weighted by Crippen LogP contribution is 2.28. The van der Waals surface area contributed by atoms with Crippen LogP contribution in [-0.4, -0.2) is 51.8 Å². The third-order valence-electron chi connectivity index (χ3n) is 5.94. The zero-order valence-corrected chi connectivity index (χ0v) is 17.3. The third kappa shape index (κ3) is 3.14. The van der Waals surface area contributed by atoms with Gasteiger partial charge in [-0.15, -0.1) is 0 Å². The maximum absolute atomic E-state index is 13.0. The SMILES string of the molecule is Cc1nn(-c2ccccc2)c(C)c1N1CCN(C(=O)c2ccc3cc[nH]c3c2)CC1. The van der Waals surface area contributed by atoms with E-state index in [4.69, 9.17) is 5.10 Å². The molecule has 4 aromatic rings. The van der Waals surface area contributed by atoms with Crippen molar-refractivity contribution in [2.75, 3.05) is 31.1 Å². The van der Waals surface area contributed by atoms with E-state index in [1.165, 1.54) is 5.69 Å². The molecule has 3 heterocycles. The van der Waals surface area contributed by atoms with E-state index in [2.05, 4.69) is 35.9 Å². The predicted octanol–water partition coefficient (Wildman–Crippen LogP) is 3.93. The van der Waals surface area contributed by atoms with Crippen molar-refractivity contribution in [1.29, 1.82) is 0 Å². The Balaban J connectivity index is 1.32. The number of benzene rings is 2. The fourth-order valence-corrected chi connectivity index (χ4v) is 4.41. The lowest BCUT2D eigenvalue weighted by atomic mass is 10.1. The molecule has 1 amide bonds. The van der Waals surface area contributed by atoms with Crippen LogP contribution in [0, 0.1) is 13.8 Å². The summed E-state index contributed by atoms with van der Waals surface area (Å²) in [5.41, 5.74) is 6.14. The lowest BCUT2D eigenvalue weighted by Crippen LogP contribution is -2.49. The third-order valence-corrected chi connectivity index (χ3v) is 5.94. The number of carbonyl (C=O) groups excluding carboxylic acids is 1. The second kappa shape index (κ2) is 7.37. The molecule has 0 spiro atoms. The van der Waals surface area contributed by atoms with Crippen molar-refractivity contribution in [3.8, 4) is 5.69 Å². The average Bonchev–Trinajstić information content (AvgIpc) is 3.37. The van der Waals surface area contributed by atoms with Gasteiger partial charge in [-0.3, -0.25) is 4.79 Å². The Morgan fingerprint density at radius 3 is 2.50 bits per heavy atom. The number of aromatic amines is 1. The first-order valence-electron chi connectivity index (χ1n) is 10.3. The number of hydrogen-bond donors (Lipinski definition) is 1. The van der Waals surface area contributed by atoms with Crippen LogP contribution in [0.4, 0.5) is 5.69 Å². The second-order valence-electron chi connectivity index (χ2n) is 7.83. The maximum Gasteiger partial charge on any atom is 0.254 e. The molecule has 0 unspecified atom stereocenters. The number of anilines is 1. The maximum atomic E-state index is 13.0. The van der Waals surface area contributed by atoms with Crippen LogP contribution < -0.4 is 4.90 Å². The summed E-state index contributed by atoms with van der Waals surface area (Å²) < 4.78 is 2.01. The molecule has 0 aliphatic carbocycles. The Labute approximate surface area is 175 Å². The number of aromatic nitrogens is 3. The van der Waals surface area contributed by atoms with Gasteiger partial charge in [-0.05, 0) is 49.6 Å². The monoisotopic (exact) mass is 399 g/mol. The molecule has 0 bridgehead atoms. The van der Waals surface area contributed by atoms with E-state index in [1.54, 1.807) is 0 Å². The molecule has 2 aromatic heterocycles. The van der Waals surface area contributed by atoms with Crippen molar-refractivity contribution in [3.63, 3.8) is 0 Å². The van der Waals surface area contributed by atoms with Crippen LogP contribution in [-0.2, 0) is 0 Å². The number of aryl methyl sites for hydroxylation is 1. The zero-order chi connectivity index (χ0) is 20.7. The van der Waals surface area contributed by atoms with Gasteiger partial charge in [0, 0.05) is 43.5 Å². The Morgan fingerprint density at radius 2 is 1.73 bits per heavy atom. The summed E-state index contributed by atoms with van der Waals surface area (Å²) in [4.78, 5) is 20.5. The van der Waals surface area contributed by atoms with Crippen molar-refractivity contribution in [3.05, 3.63) is 77.7 Å². The number of H-pyrrole nitrogens is 1. The molecule has 0 radical (unpaired) electrons. The van der Waals surface area contributed by atoms with Gasteiger partial charge in [-0.25, -0.2) is 4.68 Å². The van der Waals surface area contributed by atoms with Crippen LogP contribution in [0.2, 0.25) is 0 Å². The number of para-hydroxylation sites is 1. The Kier molecular flexibility index (Phi) is 4.54. The van der Waals surface area contributed by atoms with E-state index >= 15 is 0 Å². The molecule has 6 heteroatoms. The first-order chi connectivity index (χ1) is 14.6. The molecule has 30 heavy (non-hydrogen) atoms. The molecule has 5 rings (SSSR count). The summed E-state index contributed by atoms with van der Waals surface area (Å²) in [6, 6.07) is 18.1. The molecule has 2 aromatic carbocycles. The second-order valence-corrected chi connectivity index (χ2v) is 7.83. The number of nitrogens with one attached hydrogen (secondary N) is 1. The molecule has 1 N–H and O–H groups in total. The van der Waals surface area contributed by atoms with Crippen LogP contribution in [0.3, 0.4) is 0 Å². The van der Waals surface area contributed by atoms with Crippen LogP contribution in [0.25, 0.3) is 16.6 Å². The van der Waals surface area contributed by atoms with E-state index in [-0.39, 0.29) is 5.91 Å². The van der Waals surface area contributed by atoms with Gasteiger partial charge in [0.2, 0.25) is 0 Å². The first kappa shape index (κ1) is 18.5. The van der Waals surface area contributed by atoms with Gasteiger partial charge in [0.15, 0.2) is 0 Å². The van der Waals surface area contributed by atoms with Crippen molar-refractivity contribution < 1.29 is 4.79 Å². The minimum Gasteiger partial charge on any atom is -0.365 e. The quantitative estimate of drug-likeness (QED) is 0.568. The minimum absolute atomic E-state index is 0.0968. The van der Waals surface area contributed by atoms with E-state index in [0.29, 0.717) is 13.1 Å². The number of carbonyl (C=O) groups is 1. The molecule has 152 valence electrons. The fraction of sp³-hybridized carbons (Fsp3) is 0.250. The molecular weight excluding hydrogens is 374 g/mol. The number of amides is 1. The molecule has 1 aliphatic rings. The summed E-state index contributed by atoms with van der Waals surface area (Å²) in [5.74, 6) is 0.0968. The lowest BCUT2D eigenvalue weighted by Gasteiger charge is -2.36. The number of nitrogens with zero attached hydrogens (tertiary/aromatic N) is 4. The average molecular weight is 399 g/mol. The highest BCUT2D eigenvalue weighted by atomic mass is 16.2. The molecule has 1 fully saturated rings. The number of hydrogen-bond acceptors (Lipinski definition) is 3. The zero-order valence-electron chi connectivity index (χ0n) is 17.3. The molecule has 6 nitrogen and oxygen atoms in total. The molecule has 0 saturated carbocycles. The van der Waals surface area contributed by atoms with Crippen molar-refractivity contribution >= 4 is 22.5 Å². The Morgan fingerprint density at radius 1 is 0.967 bits per heavy atom. The van der Waals surface area contributed by atoms with Crippen molar-refractivity contribution in [2.24, 2.45) is 0 Å². The molecule has 0 atom stereocenters. The largest absolute Gasteiger partial charge is 0.365 e. The fourth-order valence-electron chi connectivity index (χ4n) is 4.41. The van der Waals surface area contributed by atoms with Gasteiger partial charge in [-0.2, -0.15) is 5.10 Å². The van der Waals surface area contributed by atoms with Crippen molar-refractivity contribution in [1.82, 2.24) is 19.7 Å². The van der Waals surface area contributed by atoms with Crippen molar-refractivity contribution in [2.45, 2.75) is 13.8 Å². The van der Waals surface area contributed by atoms with Crippen LogP contribution in [0.5, 0.6) is 0 Å². The Hall–Kier alpha value is -3.54. The number of piperazine rings is 1. The summed E-state index contributed by atoms with van der Waals surface area (Å²) in [6.07, 6.45) is 1.90. The van der Waals surface area contributed by atoms with E-state index in [1.807, 2.05) is 58.2 Å². The summed E-state index contributed by atoms with van der Waals surface area (Å²) in [6.45, 7) is 7.20. The van der Waals surface area contributed by atoms with Crippen LogP contribution in [0.1, 0.15) is 21.7 Å². The van der Waals surface area contributed by atoms with Gasteiger partial charge < -0.3 is 14.8 Å². The first-order valence-corrected chi connectivity index (χ1v) is 10.3. The topological polar surface area (TPSA) is 57.2 Å². The van der Waals surface area contributed by atoms with Gasteiger partial charge in [0.25, 0.3) is 5.91 Å². The highest BCUT2D eigenvalue weighted by molar-refractivity contribution is 5.98. The van der Waals surface area contributed by atoms with Crippen LogP contribution >= 0.6 is 0 Å². The standard InChI is InChI=1S/C24H25N5O/c1-17-23(18(2)29(26-17)21-6-4-3-5-7-21)27-12-14-28(15-13-27)24(30)20-9-8-19-10-11-25-22(19)16-20/h3-11,16,25H,12-15H2,1-2H3. The van der Waals surface area contributed by atoms with E-state index in [0.717, 1.165) is 46.6 Å². The normalized spacial score (nSPS) is 14.5. The summed E-state index contributed by atoms with van der Waals surface area (Å²) in [7, 11) is 0. The molecule has 1 saturated heterocycles. The smallest absolute Gasteiger partial charge is 0.254 e. The van der Waals surface area contributed by atoms with Gasteiger partial charge in [0.1, 0.15) is 0 Å². The van der Waals surface area contributed by atoms with E-state index in [9.17, 15) is 4.79 Å². The van der Waals surface area contributed by atoms with E-state index < -0.39 is 0 Å². The summed E-state index contributed by atoms with van der Waals surface area (Å²) >= 11 is 0. The van der Waals surface area contributed by atoms with Gasteiger partial charge >= 0.3 is 0 Å². The number of fused-ring (bicyclic) bond motifs is 1. The predicted molar refractivity (Wildman–Crippen MR) is 119 cm³/mol. The Bertz CT molecular complexity index is 1200. The number of rotatable bonds is 3. The summed E-state index contributed by atoms with van der Waals surface area (Å²) in [5, 5.41) is 5.90. The lowest BCUT2D eigenvalue weighted by molar-refractivity contribution is 0.0747. The van der Waals surface area contributed by atoms with Gasteiger partial charge in [-0.1, -0.05) is 24.3 Å². The molecule has 1 aliphatic heterocycles.